The highest BCUT2D eigenvalue weighted by Gasteiger charge is 2.01. The lowest BCUT2D eigenvalue weighted by Crippen LogP contribution is -1.87. The van der Waals surface area contributed by atoms with Crippen molar-refractivity contribution in [1.29, 1.82) is 0 Å². The second kappa shape index (κ2) is 4.59. The molecule has 5 heteroatoms. The van der Waals surface area contributed by atoms with Gasteiger partial charge in [-0.25, -0.2) is 9.97 Å². The van der Waals surface area contributed by atoms with Crippen LogP contribution in [0.1, 0.15) is 0 Å². The summed E-state index contributed by atoms with van der Waals surface area (Å²) in [5.41, 5.74) is 0. The fraction of sp³-hybridized carbons (Fsp3) is 0. The minimum atomic E-state index is 0.489. The molecule has 15 heavy (non-hydrogen) atoms. The van der Waals surface area contributed by atoms with Crippen LogP contribution >= 0.6 is 27.5 Å². The van der Waals surface area contributed by atoms with Gasteiger partial charge in [-0.3, -0.25) is 0 Å². The van der Waals surface area contributed by atoms with Gasteiger partial charge in [-0.15, -0.1) is 0 Å². The first-order valence-electron chi connectivity index (χ1n) is 4.14. The first-order chi connectivity index (χ1) is 7.25. The van der Waals surface area contributed by atoms with Crippen LogP contribution in [0.5, 0.6) is 11.6 Å². The Kier molecular flexibility index (Phi) is 3.18. The summed E-state index contributed by atoms with van der Waals surface area (Å²) in [6.45, 7) is 0. The van der Waals surface area contributed by atoms with Crippen molar-refractivity contribution in [2.24, 2.45) is 0 Å². The van der Waals surface area contributed by atoms with Crippen LogP contribution in [0.3, 0.4) is 0 Å². The number of nitrogens with zero attached hydrogens (tertiary/aromatic N) is 2. The van der Waals surface area contributed by atoms with Gasteiger partial charge in [-0.2, -0.15) is 0 Å². The van der Waals surface area contributed by atoms with E-state index in [1.807, 2.05) is 6.07 Å². The molecule has 3 nitrogen and oxygen atoms in total. The van der Waals surface area contributed by atoms with Crippen LogP contribution in [-0.2, 0) is 0 Å². The van der Waals surface area contributed by atoms with Gasteiger partial charge in [-0.05, 0) is 28.1 Å². The van der Waals surface area contributed by atoms with E-state index in [9.17, 15) is 0 Å². The van der Waals surface area contributed by atoms with Gasteiger partial charge in [0.15, 0.2) is 0 Å². The Morgan fingerprint density at radius 2 is 2.13 bits per heavy atom. The molecule has 0 saturated heterocycles. The molecule has 2 rings (SSSR count). The molecule has 0 fully saturated rings. The Morgan fingerprint density at radius 3 is 2.80 bits per heavy atom. The van der Waals surface area contributed by atoms with Gasteiger partial charge in [0, 0.05) is 22.8 Å². The Balaban J connectivity index is 2.22. The molecule has 0 aliphatic rings. The number of rotatable bonds is 2. The zero-order valence-corrected chi connectivity index (χ0v) is 9.86. The smallest absolute Gasteiger partial charge is 0.222 e. The van der Waals surface area contributed by atoms with E-state index in [1.165, 1.54) is 6.33 Å². The van der Waals surface area contributed by atoms with E-state index in [1.54, 1.807) is 24.4 Å². The van der Waals surface area contributed by atoms with Crippen LogP contribution < -0.4 is 4.74 Å². The zero-order chi connectivity index (χ0) is 10.7. The molecule has 0 atom stereocenters. The molecule has 0 saturated carbocycles. The fourth-order valence-electron chi connectivity index (χ4n) is 1.00. The number of hydrogen-bond donors (Lipinski definition) is 0. The summed E-state index contributed by atoms with van der Waals surface area (Å²) < 4.78 is 6.29. The van der Waals surface area contributed by atoms with Crippen molar-refractivity contribution in [1.82, 2.24) is 9.97 Å². The third-order valence-corrected chi connectivity index (χ3v) is 2.90. The summed E-state index contributed by atoms with van der Waals surface area (Å²) in [6, 6.07) is 7.01. The van der Waals surface area contributed by atoms with Gasteiger partial charge in [-0.1, -0.05) is 11.6 Å². The van der Waals surface area contributed by atoms with Gasteiger partial charge < -0.3 is 4.74 Å². The molecule has 2 aromatic rings. The zero-order valence-electron chi connectivity index (χ0n) is 7.52. The van der Waals surface area contributed by atoms with E-state index in [0.29, 0.717) is 16.7 Å². The highest BCUT2D eigenvalue weighted by Crippen LogP contribution is 2.28. The molecule has 0 amide bonds. The van der Waals surface area contributed by atoms with E-state index < -0.39 is 0 Å². The lowest BCUT2D eigenvalue weighted by atomic mass is 10.3. The maximum atomic E-state index is 5.92. The predicted molar refractivity (Wildman–Crippen MR) is 61.3 cm³/mol. The monoisotopic (exact) mass is 284 g/mol. The third kappa shape index (κ3) is 2.67. The van der Waals surface area contributed by atoms with Gasteiger partial charge in [0.25, 0.3) is 0 Å². The quantitative estimate of drug-likeness (QED) is 0.844. The van der Waals surface area contributed by atoms with Crippen molar-refractivity contribution in [2.75, 3.05) is 0 Å². The number of aromatic nitrogens is 2. The highest BCUT2D eigenvalue weighted by molar-refractivity contribution is 9.10. The van der Waals surface area contributed by atoms with Crippen molar-refractivity contribution < 1.29 is 4.74 Å². The summed E-state index contributed by atoms with van der Waals surface area (Å²) in [6.07, 6.45) is 3.04. The topological polar surface area (TPSA) is 35.0 Å². The molecule has 0 N–H and O–H groups in total. The normalized spacial score (nSPS) is 10.0. The molecule has 76 valence electrons. The Hall–Kier alpha value is -1.13. The largest absolute Gasteiger partial charge is 0.439 e. The van der Waals surface area contributed by atoms with E-state index in [-0.39, 0.29) is 0 Å². The minimum Gasteiger partial charge on any atom is -0.439 e. The predicted octanol–water partition coefficient (Wildman–Crippen LogP) is 3.68. The molecule has 1 heterocycles. The van der Waals surface area contributed by atoms with E-state index in [0.717, 1.165) is 4.47 Å². The average Bonchev–Trinajstić information content (AvgIpc) is 2.25. The lowest BCUT2D eigenvalue weighted by Gasteiger charge is -2.04. The van der Waals surface area contributed by atoms with Crippen molar-refractivity contribution in [2.45, 2.75) is 0 Å². The molecule has 1 aromatic carbocycles. The van der Waals surface area contributed by atoms with Gasteiger partial charge >= 0.3 is 0 Å². The molecular weight excluding hydrogens is 279 g/mol. The molecule has 0 unspecified atom stereocenters. The lowest BCUT2D eigenvalue weighted by molar-refractivity contribution is 0.461. The average molecular weight is 286 g/mol. The maximum Gasteiger partial charge on any atom is 0.222 e. The van der Waals surface area contributed by atoms with Crippen LogP contribution in [0.4, 0.5) is 0 Å². The second-order valence-corrected chi connectivity index (χ2v) is 3.99. The van der Waals surface area contributed by atoms with Gasteiger partial charge in [0.2, 0.25) is 5.88 Å². The Bertz CT molecular complexity index is 464. The van der Waals surface area contributed by atoms with E-state index in [4.69, 9.17) is 16.3 Å². The standard InChI is InChI=1S/C10H6BrClN2O/c11-8-2-1-7(5-9(8)12)15-10-3-4-13-6-14-10/h1-6H. The Morgan fingerprint density at radius 1 is 1.27 bits per heavy atom. The molecular formula is C10H6BrClN2O. The molecule has 0 radical (unpaired) electrons. The van der Waals surface area contributed by atoms with Gasteiger partial charge in [0.1, 0.15) is 12.1 Å². The summed E-state index contributed by atoms with van der Waals surface area (Å²) in [4.78, 5) is 7.73. The highest BCUT2D eigenvalue weighted by atomic mass is 79.9. The molecule has 1 aromatic heterocycles. The number of benzene rings is 1. The summed E-state index contributed by atoms with van der Waals surface area (Å²) >= 11 is 9.22. The molecule has 0 aliphatic heterocycles. The van der Waals surface area contributed by atoms with Crippen molar-refractivity contribution in [3.63, 3.8) is 0 Å². The van der Waals surface area contributed by atoms with Gasteiger partial charge in [0.05, 0.1) is 5.02 Å². The molecule has 0 aliphatic carbocycles. The summed E-state index contributed by atoms with van der Waals surface area (Å²) in [5.74, 6) is 1.13. The number of hydrogen-bond acceptors (Lipinski definition) is 3. The maximum absolute atomic E-state index is 5.92. The van der Waals surface area contributed by atoms with Crippen LogP contribution in [0.2, 0.25) is 5.02 Å². The first-order valence-corrected chi connectivity index (χ1v) is 5.32. The van der Waals surface area contributed by atoms with Crippen LogP contribution in [0, 0.1) is 0 Å². The van der Waals surface area contributed by atoms with Crippen LogP contribution in [-0.4, -0.2) is 9.97 Å². The second-order valence-electron chi connectivity index (χ2n) is 2.73. The number of halogens is 2. The Labute approximate surface area is 100 Å². The summed E-state index contributed by atoms with van der Waals surface area (Å²) in [7, 11) is 0. The van der Waals surface area contributed by atoms with Crippen molar-refractivity contribution in [3.8, 4) is 11.6 Å². The fourth-order valence-corrected chi connectivity index (χ4v) is 1.42. The van der Waals surface area contributed by atoms with E-state index in [2.05, 4.69) is 25.9 Å². The van der Waals surface area contributed by atoms with Crippen molar-refractivity contribution in [3.05, 3.63) is 46.3 Å². The summed E-state index contributed by atoms with van der Waals surface area (Å²) in [5, 5.41) is 0.599. The molecule has 0 spiro atoms. The minimum absolute atomic E-state index is 0.489. The third-order valence-electron chi connectivity index (χ3n) is 1.67. The van der Waals surface area contributed by atoms with E-state index >= 15 is 0 Å². The molecule has 0 bridgehead atoms. The van der Waals surface area contributed by atoms with Crippen molar-refractivity contribution >= 4 is 27.5 Å². The van der Waals surface area contributed by atoms with Crippen LogP contribution in [0.25, 0.3) is 0 Å². The van der Waals surface area contributed by atoms with Crippen LogP contribution in [0.15, 0.2) is 41.3 Å². The SMILES string of the molecule is Clc1cc(Oc2ccncn2)ccc1Br. The first kappa shape index (κ1) is 10.4. The number of ether oxygens (including phenoxy) is 1.